The highest BCUT2D eigenvalue weighted by Gasteiger charge is 2.16. The summed E-state index contributed by atoms with van der Waals surface area (Å²) >= 11 is 5.94. The third kappa shape index (κ3) is 2.74. The van der Waals surface area contributed by atoms with Gasteiger partial charge in [0.25, 0.3) is 5.91 Å². The molecule has 0 radical (unpaired) electrons. The van der Waals surface area contributed by atoms with Crippen LogP contribution in [0.3, 0.4) is 0 Å². The van der Waals surface area contributed by atoms with Gasteiger partial charge < -0.3 is 10.6 Å². The zero-order valence-electron chi connectivity index (χ0n) is 9.00. The van der Waals surface area contributed by atoms with Crippen LogP contribution in [0.15, 0.2) is 24.3 Å². The van der Waals surface area contributed by atoms with Gasteiger partial charge in [0.15, 0.2) is 0 Å². The maximum atomic E-state index is 11.8. The lowest BCUT2D eigenvalue weighted by molar-refractivity contribution is 0.0950. The molecular formula is C12H15ClN2O. The third-order valence-electron chi connectivity index (χ3n) is 2.79. The molecule has 1 aromatic rings. The lowest BCUT2D eigenvalue weighted by Gasteiger charge is -2.11. The van der Waals surface area contributed by atoms with E-state index in [2.05, 4.69) is 10.6 Å². The molecule has 0 saturated carbocycles. The second-order valence-corrected chi connectivity index (χ2v) is 4.39. The Bertz CT molecular complexity index is 375. The highest BCUT2D eigenvalue weighted by atomic mass is 35.5. The van der Waals surface area contributed by atoms with Crippen molar-refractivity contribution >= 4 is 17.5 Å². The van der Waals surface area contributed by atoms with E-state index in [0.717, 1.165) is 13.0 Å². The predicted molar refractivity (Wildman–Crippen MR) is 64.8 cm³/mol. The highest BCUT2D eigenvalue weighted by Crippen LogP contribution is 2.14. The SMILES string of the molecule is O=C(NC[C@H]1CCCN1)c1ccccc1Cl. The van der Waals surface area contributed by atoms with E-state index in [0.29, 0.717) is 23.2 Å². The minimum atomic E-state index is -0.0979. The first-order valence-electron chi connectivity index (χ1n) is 5.53. The maximum Gasteiger partial charge on any atom is 0.252 e. The molecule has 1 aromatic carbocycles. The predicted octanol–water partition coefficient (Wildman–Crippen LogP) is 1.82. The van der Waals surface area contributed by atoms with Crippen LogP contribution >= 0.6 is 11.6 Å². The molecule has 2 N–H and O–H groups in total. The van der Waals surface area contributed by atoms with Gasteiger partial charge in [-0.1, -0.05) is 23.7 Å². The van der Waals surface area contributed by atoms with E-state index in [4.69, 9.17) is 11.6 Å². The molecule has 4 heteroatoms. The molecule has 0 bridgehead atoms. The third-order valence-corrected chi connectivity index (χ3v) is 3.12. The summed E-state index contributed by atoms with van der Waals surface area (Å²) in [6, 6.07) is 7.50. The quantitative estimate of drug-likeness (QED) is 0.844. The van der Waals surface area contributed by atoms with Gasteiger partial charge in [0.2, 0.25) is 0 Å². The summed E-state index contributed by atoms with van der Waals surface area (Å²) in [5, 5.41) is 6.73. The largest absolute Gasteiger partial charge is 0.350 e. The molecule has 0 spiro atoms. The van der Waals surface area contributed by atoms with Crippen molar-refractivity contribution in [2.45, 2.75) is 18.9 Å². The molecule has 1 saturated heterocycles. The molecule has 1 fully saturated rings. The summed E-state index contributed by atoms with van der Waals surface area (Å²) in [4.78, 5) is 11.8. The average molecular weight is 239 g/mol. The first-order valence-corrected chi connectivity index (χ1v) is 5.91. The Hall–Kier alpha value is -1.06. The standard InChI is InChI=1S/C12H15ClN2O/c13-11-6-2-1-5-10(11)12(16)15-8-9-4-3-7-14-9/h1-2,5-6,9,14H,3-4,7-8H2,(H,15,16)/t9-/m1/s1. The molecule has 1 atom stereocenters. The molecule has 1 aliphatic heterocycles. The first kappa shape index (κ1) is 11.4. The normalized spacial score (nSPS) is 19.7. The number of benzene rings is 1. The zero-order valence-corrected chi connectivity index (χ0v) is 9.76. The number of nitrogens with one attached hydrogen (secondary N) is 2. The topological polar surface area (TPSA) is 41.1 Å². The molecule has 1 amide bonds. The van der Waals surface area contributed by atoms with Crippen molar-refractivity contribution in [3.63, 3.8) is 0 Å². The Labute approximate surface area is 100 Å². The summed E-state index contributed by atoms with van der Waals surface area (Å²) in [6.45, 7) is 1.72. The number of hydrogen-bond acceptors (Lipinski definition) is 2. The van der Waals surface area contributed by atoms with Gasteiger partial charge >= 0.3 is 0 Å². The number of carbonyl (C=O) groups excluding carboxylic acids is 1. The van der Waals surface area contributed by atoms with Gasteiger partial charge in [-0.25, -0.2) is 0 Å². The van der Waals surface area contributed by atoms with Crippen molar-refractivity contribution in [1.82, 2.24) is 10.6 Å². The van der Waals surface area contributed by atoms with Crippen LogP contribution in [-0.4, -0.2) is 25.0 Å². The van der Waals surface area contributed by atoms with Crippen LogP contribution in [0.1, 0.15) is 23.2 Å². The summed E-state index contributed by atoms with van der Waals surface area (Å²) < 4.78 is 0. The summed E-state index contributed by atoms with van der Waals surface area (Å²) in [5.41, 5.74) is 0.544. The maximum absolute atomic E-state index is 11.8. The van der Waals surface area contributed by atoms with Gasteiger partial charge in [-0.2, -0.15) is 0 Å². The molecule has 2 rings (SSSR count). The van der Waals surface area contributed by atoms with E-state index in [9.17, 15) is 4.79 Å². The summed E-state index contributed by atoms with van der Waals surface area (Å²) in [5.74, 6) is -0.0979. The molecule has 1 aliphatic rings. The Kier molecular flexibility index (Phi) is 3.80. The van der Waals surface area contributed by atoms with Crippen LogP contribution in [0.2, 0.25) is 5.02 Å². The number of amides is 1. The number of hydrogen-bond donors (Lipinski definition) is 2. The Balaban J connectivity index is 1.90. The number of carbonyl (C=O) groups is 1. The van der Waals surface area contributed by atoms with Crippen molar-refractivity contribution in [2.75, 3.05) is 13.1 Å². The molecule has 16 heavy (non-hydrogen) atoms. The smallest absolute Gasteiger partial charge is 0.252 e. The molecule has 1 heterocycles. The van der Waals surface area contributed by atoms with E-state index in [1.165, 1.54) is 6.42 Å². The van der Waals surface area contributed by atoms with Crippen LogP contribution < -0.4 is 10.6 Å². The molecule has 3 nitrogen and oxygen atoms in total. The van der Waals surface area contributed by atoms with Crippen molar-refractivity contribution in [3.8, 4) is 0 Å². The van der Waals surface area contributed by atoms with E-state index < -0.39 is 0 Å². The van der Waals surface area contributed by atoms with Crippen LogP contribution in [-0.2, 0) is 0 Å². The van der Waals surface area contributed by atoms with Gasteiger partial charge in [-0.05, 0) is 31.5 Å². The zero-order chi connectivity index (χ0) is 11.4. The van der Waals surface area contributed by atoms with E-state index in [1.54, 1.807) is 12.1 Å². The second kappa shape index (κ2) is 5.32. The molecule has 0 unspecified atom stereocenters. The van der Waals surface area contributed by atoms with Gasteiger partial charge in [-0.3, -0.25) is 4.79 Å². The Morgan fingerprint density at radius 1 is 1.50 bits per heavy atom. The minimum Gasteiger partial charge on any atom is -0.350 e. The molecule has 86 valence electrons. The van der Waals surface area contributed by atoms with E-state index >= 15 is 0 Å². The van der Waals surface area contributed by atoms with Gasteiger partial charge in [0.05, 0.1) is 10.6 Å². The van der Waals surface area contributed by atoms with Crippen molar-refractivity contribution in [3.05, 3.63) is 34.9 Å². The summed E-state index contributed by atoms with van der Waals surface area (Å²) in [6.07, 6.45) is 2.31. The van der Waals surface area contributed by atoms with Crippen LogP contribution in [0.4, 0.5) is 0 Å². The average Bonchev–Trinajstić information content (AvgIpc) is 2.79. The van der Waals surface area contributed by atoms with Gasteiger partial charge in [-0.15, -0.1) is 0 Å². The van der Waals surface area contributed by atoms with E-state index in [1.807, 2.05) is 12.1 Å². The molecule has 0 aromatic heterocycles. The lowest BCUT2D eigenvalue weighted by atomic mass is 10.2. The van der Waals surface area contributed by atoms with E-state index in [-0.39, 0.29) is 5.91 Å². The fraction of sp³-hybridized carbons (Fsp3) is 0.417. The van der Waals surface area contributed by atoms with Gasteiger partial charge in [0, 0.05) is 12.6 Å². The summed E-state index contributed by atoms with van der Waals surface area (Å²) in [7, 11) is 0. The Morgan fingerprint density at radius 3 is 3.00 bits per heavy atom. The minimum absolute atomic E-state index is 0.0979. The van der Waals surface area contributed by atoms with Crippen molar-refractivity contribution in [1.29, 1.82) is 0 Å². The van der Waals surface area contributed by atoms with Crippen molar-refractivity contribution < 1.29 is 4.79 Å². The fourth-order valence-electron chi connectivity index (χ4n) is 1.89. The first-order chi connectivity index (χ1) is 7.77. The van der Waals surface area contributed by atoms with Crippen LogP contribution in [0.5, 0.6) is 0 Å². The number of halogens is 1. The highest BCUT2D eigenvalue weighted by molar-refractivity contribution is 6.33. The Morgan fingerprint density at radius 2 is 2.31 bits per heavy atom. The van der Waals surface area contributed by atoms with Gasteiger partial charge in [0.1, 0.15) is 0 Å². The van der Waals surface area contributed by atoms with Crippen LogP contribution in [0.25, 0.3) is 0 Å². The second-order valence-electron chi connectivity index (χ2n) is 3.98. The lowest BCUT2D eigenvalue weighted by Crippen LogP contribution is -2.37. The fourth-order valence-corrected chi connectivity index (χ4v) is 2.11. The molecular weight excluding hydrogens is 224 g/mol. The van der Waals surface area contributed by atoms with Crippen LogP contribution in [0, 0.1) is 0 Å². The number of rotatable bonds is 3. The monoisotopic (exact) mass is 238 g/mol. The molecule has 0 aliphatic carbocycles. The van der Waals surface area contributed by atoms with Crippen molar-refractivity contribution in [2.24, 2.45) is 0 Å².